The summed E-state index contributed by atoms with van der Waals surface area (Å²) < 4.78 is 14.0. The zero-order valence-corrected chi connectivity index (χ0v) is 19.5. The molecule has 1 aromatic carbocycles. The third-order valence-electron chi connectivity index (χ3n) is 5.90. The van der Waals surface area contributed by atoms with Crippen LogP contribution in [0.1, 0.15) is 13.8 Å². The minimum Gasteiger partial charge on any atom is -0.508 e. The number of halogens is 1. The van der Waals surface area contributed by atoms with Gasteiger partial charge in [0.2, 0.25) is 0 Å². The second-order valence-corrected chi connectivity index (χ2v) is 8.95. The molecule has 0 fully saturated rings. The molecule has 0 radical (unpaired) electrons. The van der Waals surface area contributed by atoms with Gasteiger partial charge in [0.15, 0.2) is 0 Å². The van der Waals surface area contributed by atoms with Gasteiger partial charge < -0.3 is 15.4 Å². The van der Waals surface area contributed by atoms with Crippen LogP contribution in [-0.4, -0.2) is 41.3 Å². The molecule has 5 aromatic heterocycles. The maximum atomic E-state index is 14.0. The first-order valence-electron chi connectivity index (χ1n) is 11.5. The molecular weight excluding hydrogens is 457 g/mol. The van der Waals surface area contributed by atoms with Crippen molar-refractivity contribution in [1.82, 2.24) is 30.1 Å². The van der Waals surface area contributed by atoms with Crippen LogP contribution in [0.15, 0.2) is 67.3 Å². The highest BCUT2D eigenvalue weighted by molar-refractivity contribution is 6.00. The summed E-state index contributed by atoms with van der Waals surface area (Å²) in [6, 6.07) is 12.0. The van der Waals surface area contributed by atoms with Gasteiger partial charge in [0.1, 0.15) is 17.3 Å². The Kier molecular flexibility index (Phi) is 5.10. The van der Waals surface area contributed by atoms with Crippen molar-refractivity contribution >= 4 is 27.5 Å². The number of phenols is 1. The quantitative estimate of drug-likeness (QED) is 0.245. The molecule has 9 heteroatoms. The molecule has 0 atom stereocenters. The molecular formula is C27H22FN7O. The fraction of sp³-hybridized carbons (Fsp3) is 0.111. The average molecular weight is 480 g/mol. The molecule has 6 rings (SSSR count). The second kappa shape index (κ2) is 8.46. The van der Waals surface area contributed by atoms with E-state index < -0.39 is 5.82 Å². The third-order valence-corrected chi connectivity index (χ3v) is 5.90. The van der Waals surface area contributed by atoms with Crippen molar-refractivity contribution in [1.29, 1.82) is 0 Å². The molecule has 6 aromatic rings. The van der Waals surface area contributed by atoms with Crippen LogP contribution in [0, 0.1) is 5.82 Å². The molecule has 0 aliphatic heterocycles. The molecule has 36 heavy (non-hydrogen) atoms. The number of fused-ring (bicyclic) bond motifs is 2. The lowest BCUT2D eigenvalue weighted by Gasteiger charge is -2.10. The van der Waals surface area contributed by atoms with E-state index in [0.29, 0.717) is 11.3 Å². The molecule has 0 aliphatic rings. The number of rotatable bonds is 5. The van der Waals surface area contributed by atoms with Crippen molar-refractivity contribution in [2.75, 3.05) is 5.32 Å². The summed E-state index contributed by atoms with van der Waals surface area (Å²) in [5.74, 6) is -0.680. The van der Waals surface area contributed by atoms with Crippen molar-refractivity contribution in [3.05, 3.63) is 73.1 Å². The predicted octanol–water partition coefficient (Wildman–Crippen LogP) is 5.90. The van der Waals surface area contributed by atoms with E-state index in [2.05, 4.69) is 49.3 Å². The first kappa shape index (κ1) is 21.7. The largest absolute Gasteiger partial charge is 0.508 e. The number of nitrogens with zero attached hydrogens (tertiary/aromatic N) is 4. The summed E-state index contributed by atoms with van der Waals surface area (Å²) in [6.45, 7) is 4.15. The molecule has 0 spiro atoms. The van der Waals surface area contributed by atoms with E-state index in [1.54, 1.807) is 24.8 Å². The van der Waals surface area contributed by atoms with E-state index in [1.165, 1.54) is 12.1 Å². The average Bonchev–Trinajstić information content (AvgIpc) is 3.46. The Morgan fingerprint density at radius 2 is 1.75 bits per heavy atom. The van der Waals surface area contributed by atoms with Crippen LogP contribution in [0.2, 0.25) is 0 Å². The number of aromatic amines is 2. The highest BCUT2D eigenvalue weighted by Crippen LogP contribution is 2.35. The van der Waals surface area contributed by atoms with E-state index in [4.69, 9.17) is 0 Å². The van der Waals surface area contributed by atoms with E-state index in [0.717, 1.165) is 56.2 Å². The number of benzene rings is 1. The fourth-order valence-electron chi connectivity index (χ4n) is 4.39. The van der Waals surface area contributed by atoms with Crippen molar-refractivity contribution in [3.8, 4) is 39.7 Å². The summed E-state index contributed by atoms with van der Waals surface area (Å²) in [5, 5.41) is 22.5. The van der Waals surface area contributed by atoms with Gasteiger partial charge in [0.05, 0.1) is 34.5 Å². The number of nitrogens with one attached hydrogen (secondary N) is 3. The number of aromatic hydroxyl groups is 1. The minimum absolute atomic E-state index is 0.153. The van der Waals surface area contributed by atoms with Gasteiger partial charge in [-0.05, 0) is 50.2 Å². The third kappa shape index (κ3) is 3.90. The number of phenolic OH excluding ortho intramolecular Hbond substituents is 1. The Labute approximate surface area is 205 Å². The summed E-state index contributed by atoms with van der Waals surface area (Å²) >= 11 is 0. The molecule has 0 unspecified atom stereocenters. The Bertz CT molecular complexity index is 1720. The van der Waals surface area contributed by atoms with Crippen LogP contribution >= 0.6 is 0 Å². The zero-order valence-electron chi connectivity index (χ0n) is 19.5. The summed E-state index contributed by atoms with van der Waals surface area (Å²) in [4.78, 5) is 16.8. The normalized spacial score (nSPS) is 11.6. The number of H-pyrrole nitrogens is 2. The molecule has 0 aliphatic carbocycles. The molecule has 4 N–H and O–H groups in total. The van der Waals surface area contributed by atoms with E-state index in [9.17, 15) is 9.50 Å². The van der Waals surface area contributed by atoms with Crippen molar-refractivity contribution in [2.45, 2.75) is 19.9 Å². The van der Waals surface area contributed by atoms with Gasteiger partial charge in [-0.2, -0.15) is 5.10 Å². The van der Waals surface area contributed by atoms with E-state index in [-0.39, 0.29) is 11.8 Å². The topological polar surface area (TPSA) is 115 Å². The van der Waals surface area contributed by atoms with Gasteiger partial charge in [-0.1, -0.05) is 0 Å². The molecule has 178 valence electrons. The lowest BCUT2D eigenvalue weighted by atomic mass is 10.1. The van der Waals surface area contributed by atoms with E-state index >= 15 is 0 Å². The van der Waals surface area contributed by atoms with Gasteiger partial charge in [-0.25, -0.2) is 4.39 Å². The van der Waals surface area contributed by atoms with Crippen LogP contribution in [0.25, 0.3) is 55.7 Å². The summed E-state index contributed by atoms with van der Waals surface area (Å²) in [7, 11) is 0. The molecule has 0 saturated heterocycles. The maximum Gasteiger partial charge on any atom is 0.127 e. The Morgan fingerprint density at radius 1 is 0.889 bits per heavy atom. The first-order chi connectivity index (χ1) is 17.4. The van der Waals surface area contributed by atoms with Gasteiger partial charge in [0, 0.05) is 58.1 Å². The molecule has 5 heterocycles. The van der Waals surface area contributed by atoms with Gasteiger partial charge in [-0.3, -0.25) is 20.1 Å². The second-order valence-electron chi connectivity index (χ2n) is 8.95. The lowest BCUT2D eigenvalue weighted by molar-refractivity contribution is 0.469. The van der Waals surface area contributed by atoms with Gasteiger partial charge >= 0.3 is 0 Å². The standard InChI is InChI=1S/C27H22FN7O/c1-14(2)32-18-6-16(11-29-12-18)23-9-21-25(13-31-23)34-35-27(21)24-10-20-22(33-24)3-4-30-26(20)15-5-17(28)8-19(36)7-15/h3-14,32-33,36H,1-2H3,(H,34,35). The van der Waals surface area contributed by atoms with Crippen molar-refractivity contribution in [2.24, 2.45) is 0 Å². The monoisotopic (exact) mass is 479 g/mol. The van der Waals surface area contributed by atoms with Gasteiger partial charge in [0.25, 0.3) is 0 Å². The first-order valence-corrected chi connectivity index (χ1v) is 11.5. The maximum absolute atomic E-state index is 14.0. The molecule has 0 amide bonds. The number of aromatic nitrogens is 6. The van der Waals surface area contributed by atoms with Crippen molar-refractivity contribution < 1.29 is 9.50 Å². The number of pyridine rings is 3. The van der Waals surface area contributed by atoms with Gasteiger partial charge in [-0.15, -0.1) is 0 Å². The van der Waals surface area contributed by atoms with Crippen LogP contribution in [0.5, 0.6) is 5.75 Å². The predicted molar refractivity (Wildman–Crippen MR) is 138 cm³/mol. The van der Waals surface area contributed by atoms with E-state index in [1.807, 2.05) is 24.3 Å². The fourth-order valence-corrected chi connectivity index (χ4v) is 4.39. The Balaban J connectivity index is 1.45. The SMILES string of the molecule is CC(C)Nc1cncc(-c2cc3c(-c4cc5c(-c6cc(O)cc(F)c6)nccc5[nH]4)n[nH]c3cn2)c1. The number of hydrogen-bond acceptors (Lipinski definition) is 6. The zero-order chi connectivity index (χ0) is 24.8. The lowest BCUT2D eigenvalue weighted by Crippen LogP contribution is -2.09. The Hall–Kier alpha value is -4.79. The van der Waals surface area contributed by atoms with Crippen LogP contribution in [-0.2, 0) is 0 Å². The summed E-state index contributed by atoms with van der Waals surface area (Å²) in [5.41, 5.74) is 6.76. The van der Waals surface area contributed by atoms with Crippen LogP contribution in [0.3, 0.4) is 0 Å². The Morgan fingerprint density at radius 3 is 2.58 bits per heavy atom. The highest BCUT2D eigenvalue weighted by atomic mass is 19.1. The molecule has 8 nitrogen and oxygen atoms in total. The minimum atomic E-state index is -0.528. The summed E-state index contributed by atoms with van der Waals surface area (Å²) in [6.07, 6.45) is 6.99. The number of hydrogen-bond donors (Lipinski definition) is 4. The number of anilines is 1. The van der Waals surface area contributed by atoms with Crippen LogP contribution < -0.4 is 5.32 Å². The van der Waals surface area contributed by atoms with Crippen molar-refractivity contribution in [3.63, 3.8) is 0 Å². The molecule has 0 bridgehead atoms. The highest BCUT2D eigenvalue weighted by Gasteiger charge is 2.16. The molecule has 0 saturated carbocycles. The van der Waals surface area contributed by atoms with Crippen LogP contribution in [0.4, 0.5) is 10.1 Å². The smallest absolute Gasteiger partial charge is 0.127 e.